The van der Waals surface area contributed by atoms with Gasteiger partial charge in [-0.3, -0.25) is 9.59 Å². The minimum absolute atomic E-state index is 0.00228. The average molecular weight is 272 g/mol. The maximum absolute atomic E-state index is 10.8. The van der Waals surface area contributed by atoms with Crippen LogP contribution in [-0.4, -0.2) is 22.2 Å². The highest BCUT2D eigenvalue weighted by molar-refractivity contribution is 5.91. The lowest BCUT2D eigenvalue weighted by atomic mass is 9.92. The van der Waals surface area contributed by atoms with Gasteiger partial charge in [-0.25, -0.2) is 0 Å². The van der Waals surface area contributed by atoms with Gasteiger partial charge < -0.3 is 10.2 Å². The summed E-state index contributed by atoms with van der Waals surface area (Å²) in [6, 6.07) is 7.37. The predicted octanol–water partition coefficient (Wildman–Crippen LogP) is 2.71. The number of aliphatic carboxylic acids is 2. The lowest BCUT2D eigenvalue weighted by molar-refractivity contribution is -0.137. The summed E-state index contributed by atoms with van der Waals surface area (Å²) in [4.78, 5) is 21.7. The first-order valence-corrected chi connectivity index (χ1v) is 6.34. The summed E-state index contributed by atoms with van der Waals surface area (Å²) in [7, 11) is 0. The predicted molar refractivity (Wildman–Crippen MR) is 76.1 cm³/mol. The molecule has 4 nitrogen and oxygen atoms in total. The van der Waals surface area contributed by atoms with Crippen molar-refractivity contribution < 1.29 is 19.8 Å². The Morgan fingerprint density at radius 2 is 1.15 bits per heavy atom. The third-order valence-electron chi connectivity index (χ3n) is 3.65. The number of carbonyl (C=O) groups is 2. The molecular weight excluding hydrogens is 256 g/mol. The zero-order chi connectivity index (χ0) is 14.9. The Balaban J connectivity index is 2.58. The van der Waals surface area contributed by atoms with E-state index in [-0.39, 0.29) is 12.8 Å². The molecular formula is C16H16O4. The van der Waals surface area contributed by atoms with E-state index in [1.807, 2.05) is 38.1 Å². The maximum Gasteiger partial charge on any atom is 0.307 e. The highest BCUT2D eigenvalue weighted by Crippen LogP contribution is 2.27. The molecule has 0 heterocycles. The molecule has 0 saturated heterocycles. The van der Waals surface area contributed by atoms with Gasteiger partial charge in [0, 0.05) is 0 Å². The Labute approximate surface area is 116 Å². The molecule has 0 radical (unpaired) electrons. The van der Waals surface area contributed by atoms with E-state index in [1.165, 1.54) is 0 Å². The van der Waals surface area contributed by atoms with Crippen LogP contribution in [0.2, 0.25) is 0 Å². The van der Waals surface area contributed by atoms with Crippen LogP contribution in [0.4, 0.5) is 0 Å². The number of hydrogen-bond acceptors (Lipinski definition) is 2. The number of carboxylic acids is 2. The van der Waals surface area contributed by atoms with Crippen LogP contribution in [0, 0.1) is 13.8 Å². The van der Waals surface area contributed by atoms with Gasteiger partial charge in [0.1, 0.15) is 0 Å². The monoisotopic (exact) mass is 272 g/mol. The molecule has 0 fully saturated rings. The van der Waals surface area contributed by atoms with Crippen LogP contribution < -0.4 is 0 Å². The van der Waals surface area contributed by atoms with E-state index in [2.05, 4.69) is 0 Å². The molecule has 0 atom stereocenters. The fraction of sp³-hybridized carbons (Fsp3) is 0.250. The number of aryl methyl sites for hydroxylation is 2. The van der Waals surface area contributed by atoms with Crippen molar-refractivity contribution in [3.05, 3.63) is 46.5 Å². The van der Waals surface area contributed by atoms with Crippen molar-refractivity contribution >= 4 is 22.7 Å². The third-order valence-corrected chi connectivity index (χ3v) is 3.65. The molecule has 0 saturated carbocycles. The first-order valence-electron chi connectivity index (χ1n) is 6.34. The number of fused-ring (bicyclic) bond motifs is 1. The normalized spacial score (nSPS) is 10.7. The quantitative estimate of drug-likeness (QED) is 0.897. The fourth-order valence-corrected chi connectivity index (χ4v) is 2.51. The van der Waals surface area contributed by atoms with Gasteiger partial charge in [-0.2, -0.15) is 0 Å². The van der Waals surface area contributed by atoms with E-state index >= 15 is 0 Å². The van der Waals surface area contributed by atoms with Gasteiger partial charge in [0.25, 0.3) is 0 Å². The Kier molecular flexibility index (Phi) is 3.74. The number of benzene rings is 2. The second kappa shape index (κ2) is 5.33. The third kappa shape index (κ3) is 2.64. The van der Waals surface area contributed by atoms with E-state index in [0.29, 0.717) is 0 Å². The molecule has 2 aromatic rings. The molecule has 4 heteroatoms. The zero-order valence-corrected chi connectivity index (χ0v) is 11.4. The van der Waals surface area contributed by atoms with Gasteiger partial charge in [0.05, 0.1) is 12.8 Å². The summed E-state index contributed by atoms with van der Waals surface area (Å²) >= 11 is 0. The van der Waals surface area contributed by atoms with Crippen LogP contribution >= 0.6 is 0 Å². The van der Waals surface area contributed by atoms with Crippen molar-refractivity contribution in [3.63, 3.8) is 0 Å². The molecule has 0 spiro atoms. The molecule has 0 bridgehead atoms. The SMILES string of the molecule is Cc1c(CC(=O)O)ccc2c(C)c(CC(=O)O)ccc12. The van der Waals surface area contributed by atoms with Crippen molar-refractivity contribution in [2.45, 2.75) is 26.7 Å². The summed E-state index contributed by atoms with van der Waals surface area (Å²) < 4.78 is 0. The first kappa shape index (κ1) is 14.1. The lowest BCUT2D eigenvalue weighted by Gasteiger charge is -2.12. The van der Waals surface area contributed by atoms with E-state index in [4.69, 9.17) is 10.2 Å². The minimum Gasteiger partial charge on any atom is -0.481 e. The Morgan fingerprint density at radius 1 is 0.800 bits per heavy atom. The largest absolute Gasteiger partial charge is 0.481 e. The molecule has 0 unspecified atom stereocenters. The highest BCUT2D eigenvalue weighted by Gasteiger charge is 2.11. The van der Waals surface area contributed by atoms with Crippen LogP contribution in [0.1, 0.15) is 22.3 Å². The Bertz CT molecular complexity index is 640. The van der Waals surface area contributed by atoms with E-state index in [0.717, 1.165) is 33.0 Å². The van der Waals surface area contributed by atoms with Crippen LogP contribution in [0.5, 0.6) is 0 Å². The molecule has 0 amide bonds. The number of rotatable bonds is 4. The second-order valence-electron chi connectivity index (χ2n) is 4.94. The van der Waals surface area contributed by atoms with E-state index < -0.39 is 11.9 Å². The van der Waals surface area contributed by atoms with Gasteiger partial charge in [0.2, 0.25) is 0 Å². The smallest absolute Gasteiger partial charge is 0.307 e. The molecule has 2 N–H and O–H groups in total. The summed E-state index contributed by atoms with van der Waals surface area (Å²) in [6.07, 6.45) is -0.00457. The van der Waals surface area contributed by atoms with Gasteiger partial charge in [-0.05, 0) is 46.9 Å². The summed E-state index contributed by atoms with van der Waals surface area (Å²) in [6.45, 7) is 3.80. The van der Waals surface area contributed by atoms with E-state index in [1.54, 1.807) is 0 Å². The van der Waals surface area contributed by atoms with Gasteiger partial charge in [-0.15, -0.1) is 0 Å². The van der Waals surface area contributed by atoms with Crippen molar-refractivity contribution in [1.82, 2.24) is 0 Å². The molecule has 0 aliphatic carbocycles. The molecule has 0 aliphatic heterocycles. The van der Waals surface area contributed by atoms with Crippen LogP contribution in [0.25, 0.3) is 10.8 Å². The molecule has 2 aromatic carbocycles. The van der Waals surface area contributed by atoms with Gasteiger partial charge in [0.15, 0.2) is 0 Å². The van der Waals surface area contributed by atoms with Crippen LogP contribution in [0.3, 0.4) is 0 Å². The topological polar surface area (TPSA) is 74.6 Å². The van der Waals surface area contributed by atoms with Gasteiger partial charge >= 0.3 is 11.9 Å². The van der Waals surface area contributed by atoms with Gasteiger partial charge in [-0.1, -0.05) is 24.3 Å². The fourth-order valence-electron chi connectivity index (χ4n) is 2.51. The number of hydrogen-bond donors (Lipinski definition) is 2. The second-order valence-corrected chi connectivity index (χ2v) is 4.94. The van der Waals surface area contributed by atoms with Crippen LogP contribution in [-0.2, 0) is 22.4 Å². The molecule has 104 valence electrons. The zero-order valence-electron chi connectivity index (χ0n) is 11.4. The molecule has 0 aromatic heterocycles. The Morgan fingerprint density at radius 3 is 1.45 bits per heavy atom. The average Bonchev–Trinajstić information content (AvgIpc) is 2.35. The summed E-state index contributed by atoms with van der Waals surface area (Å²) in [5, 5.41) is 19.8. The minimum atomic E-state index is -0.855. The summed E-state index contributed by atoms with van der Waals surface area (Å²) in [5.74, 6) is -1.71. The van der Waals surface area contributed by atoms with E-state index in [9.17, 15) is 9.59 Å². The molecule has 20 heavy (non-hydrogen) atoms. The first-order chi connectivity index (χ1) is 9.40. The molecule has 2 rings (SSSR count). The summed E-state index contributed by atoms with van der Waals surface area (Å²) in [5.41, 5.74) is 3.45. The van der Waals surface area contributed by atoms with Crippen molar-refractivity contribution in [3.8, 4) is 0 Å². The van der Waals surface area contributed by atoms with Crippen molar-refractivity contribution in [2.75, 3.05) is 0 Å². The molecule has 0 aliphatic rings. The maximum atomic E-state index is 10.8. The van der Waals surface area contributed by atoms with Crippen molar-refractivity contribution in [2.24, 2.45) is 0 Å². The number of carboxylic acid groups (broad SMARTS) is 2. The van der Waals surface area contributed by atoms with Crippen LogP contribution in [0.15, 0.2) is 24.3 Å². The van der Waals surface area contributed by atoms with Crippen molar-refractivity contribution in [1.29, 1.82) is 0 Å². The lowest BCUT2D eigenvalue weighted by Crippen LogP contribution is -2.04. The Hall–Kier alpha value is -2.36. The standard InChI is InChI=1S/C16H16O4/c1-9-11(7-15(17)18)3-6-14-10(2)12(8-16(19)20)4-5-13(9)14/h3-6H,7-8H2,1-2H3,(H,17,18)(H,19,20). The highest BCUT2D eigenvalue weighted by atomic mass is 16.4.